The predicted molar refractivity (Wildman–Crippen MR) is 39.8 cm³/mol. The van der Waals surface area contributed by atoms with Crippen molar-refractivity contribution in [3.8, 4) is 0 Å². The Balaban J connectivity index is 0. The van der Waals surface area contributed by atoms with Crippen LogP contribution in [-0.2, 0) is 21.0 Å². The fraction of sp³-hybridized carbons (Fsp3) is 0. The first-order valence-corrected chi connectivity index (χ1v) is 3.78. The summed E-state index contributed by atoms with van der Waals surface area (Å²) in [6, 6.07) is 0. The van der Waals surface area contributed by atoms with Crippen molar-refractivity contribution in [3.63, 3.8) is 0 Å². The summed E-state index contributed by atoms with van der Waals surface area (Å²) in [5, 5.41) is 0. The minimum atomic E-state index is -2.86. The van der Waals surface area contributed by atoms with Crippen LogP contribution in [0.4, 0.5) is 0 Å². The van der Waals surface area contributed by atoms with Gasteiger partial charge in [-0.25, -0.2) is 4.21 Å². The second-order valence-corrected chi connectivity index (χ2v) is 2.12. The smallest absolute Gasteiger partial charge is 0.750 e. The minimum Gasteiger partial charge on any atom is -0.750 e. The minimum absolute atomic E-state index is 0. The van der Waals surface area contributed by atoms with Crippen molar-refractivity contribution >= 4 is 22.9 Å². The summed E-state index contributed by atoms with van der Waals surface area (Å²) in [5.41, 5.74) is 0. The fourth-order valence-electron chi connectivity index (χ4n) is 0.440. The van der Waals surface area contributed by atoms with E-state index in [9.17, 15) is 9.59 Å². The van der Waals surface area contributed by atoms with Crippen molar-refractivity contribution in [1.82, 2.24) is 0 Å². The van der Waals surface area contributed by atoms with Gasteiger partial charge >= 0.3 is 51.4 Å². The molecule has 1 aliphatic carbocycles. The molecule has 1 atom stereocenters. The van der Waals surface area contributed by atoms with Crippen LogP contribution in [0.15, 0.2) is 24.3 Å². The molecule has 1 rings (SSSR count). The van der Waals surface area contributed by atoms with Crippen LogP contribution in [0.3, 0.4) is 0 Å². The third-order valence-electron chi connectivity index (χ3n) is 0.824. The topological polar surface area (TPSA) is 94.5 Å². The zero-order valence-corrected chi connectivity index (χ0v) is 10.7. The first-order valence-electron chi connectivity index (χ1n) is 2.75. The van der Waals surface area contributed by atoms with Crippen LogP contribution in [0.1, 0.15) is 0 Å². The van der Waals surface area contributed by atoms with Gasteiger partial charge in [-0.3, -0.25) is 9.59 Å². The average Bonchev–Trinajstić information content (AvgIpc) is 1.94. The van der Waals surface area contributed by atoms with Crippen LogP contribution in [0.2, 0.25) is 0 Å². The van der Waals surface area contributed by atoms with Crippen molar-refractivity contribution in [2.45, 2.75) is 0 Å². The van der Waals surface area contributed by atoms with Gasteiger partial charge in [-0.1, -0.05) is 0 Å². The van der Waals surface area contributed by atoms with E-state index in [1.54, 1.807) is 0 Å². The molecule has 0 fully saturated rings. The average molecular weight is 228 g/mol. The first-order chi connectivity index (χ1) is 5.52. The van der Waals surface area contributed by atoms with Gasteiger partial charge in [-0.15, -0.1) is 0 Å². The number of hydrogen-bond acceptors (Lipinski definition) is 4. The molecule has 0 bridgehead atoms. The van der Waals surface area contributed by atoms with Crippen LogP contribution in [0.25, 0.3) is 0 Å². The predicted octanol–water partition coefficient (Wildman–Crippen LogP) is -3.41. The molecule has 7 heteroatoms. The molecular weight excluding hydrogens is 223 g/mol. The SMILES string of the molecule is O=C1C=CC(=O)C=C1.O=S([O-])O.[K+]. The molecule has 66 valence electrons. The zero-order chi connectivity index (χ0) is 9.56. The van der Waals surface area contributed by atoms with Crippen LogP contribution in [0.5, 0.6) is 0 Å². The molecule has 0 heterocycles. The first kappa shape index (κ1) is 16.0. The van der Waals surface area contributed by atoms with Crippen LogP contribution < -0.4 is 51.4 Å². The van der Waals surface area contributed by atoms with Gasteiger partial charge in [0, 0.05) is 0 Å². The molecule has 0 aromatic carbocycles. The Morgan fingerprint density at radius 3 is 1.38 bits per heavy atom. The summed E-state index contributed by atoms with van der Waals surface area (Å²) < 4.78 is 24.1. The van der Waals surface area contributed by atoms with E-state index >= 15 is 0 Å². The molecule has 0 aromatic heterocycles. The summed E-state index contributed by atoms with van der Waals surface area (Å²) in [6.07, 6.45) is 5.01. The van der Waals surface area contributed by atoms with E-state index < -0.39 is 11.4 Å². The molecule has 1 aliphatic rings. The Morgan fingerprint density at radius 1 is 1.08 bits per heavy atom. The molecule has 0 aromatic rings. The second-order valence-electron chi connectivity index (χ2n) is 1.69. The fourth-order valence-corrected chi connectivity index (χ4v) is 0.440. The maximum Gasteiger partial charge on any atom is 1.00 e. The maximum atomic E-state index is 10.3. The molecule has 0 saturated heterocycles. The Labute approximate surface area is 120 Å². The molecule has 0 aliphatic heterocycles. The van der Waals surface area contributed by atoms with E-state index in [1.165, 1.54) is 24.3 Å². The van der Waals surface area contributed by atoms with E-state index in [-0.39, 0.29) is 63.0 Å². The third kappa shape index (κ3) is 12.5. The van der Waals surface area contributed by atoms with Gasteiger partial charge in [-0.2, -0.15) is 0 Å². The van der Waals surface area contributed by atoms with Crippen molar-refractivity contribution < 1.29 is 74.3 Å². The number of carbonyl (C=O) groups excluding carboxylic acids is 2. The monoisotopic (exact) mass is 228 g/mol. The van der Waals surface area contributed by atoms with Crippen molar-refractivity contribution in [1.29, 1.82) is 0 Å². The normalized spacial score (nSPS) is 15.5. The molecule has 1 N–H and O–H groups in total. The summed E-state index contributed by atoms with van der Waals surface area (Å²) in [5.74, 6) is -0.241. The summed E-state index contributed by atoms with van der Waals surface area (Å²) >= 11 is -2.86. The molecule has 13 heavy (non-hydrogen) atoms. The van der Waals surface area contributed by atoms with Gasteiger partial charge in [0.1, 0.15) is 0 Å². The van der Waals surface area contributed by atoms with Crippen LogP contribution in [-0.4, -0.2) is 24.9 Å². The summed E-state index contributed by atoms with van der Waals surface area (Å²) in [4.78, 5) is 20.6. The van der Waals surface area contributed by atoms with Crippen molar-refractivity contribution in [2.75, 3.05) is 0 Å². The Hall–Kier alpha value is 0.526. The molecule has 5 nitrogen and oxygen atoms in total. The summed E-state index contributed by atoms with van der Waals surface area (Å²) in [6.45, 7) is 0. The zero-order valence-electron chi connectivity index (χ0n) is 6.80. The van der Waals surface area contributed by atoms with E-state index in [4.69, 9.17) is 13.3 Å². The van der Waals surface area contributed by atoms with Gasteiger partial charge in [0.2, 0.25) is 0 Å². The van der Waals surface area contributed by atoms with E-state index in [1.807, 2.05) is 0 Å². The number of carbonyl (C=O) groups is 2. The molecule has 0 saturated carbocycles. The molecule has 0 spiro atoms. The maximum absolute atomic E-state index is 10.3. The van der Waals surface area contributed by atoms with E-state index in [0.29, 0.717) is 0 Å². The van der Waals surface area contributed by atoms with Crippen LogP contribution >= 0.6 is 0 Å². The van der Waals surface area contributed by atoms with Gasteiger partial charge < -0.3 is 9.11 Å². The van der Waals surface area contributed by atoms with Gasteiger partial charge in [0.25, 0.3) is 0 Å². The van der Waals surface area contributed by atoms with Crippen LogP contribution in [0, 0.1) is 0 Å². The molecule has 0 radical (unpaired) electrons. The quantitative estimate of drug-likeness (QED) is 0.265. The number of rotatable bonds is 0. The standard InChI is InChI=1S/C6H4O2.K.H2O3S/c7-5-1-2-6(8)4-3-5;;1-4(2)3/h1-4H;;(H2,1,2,3)/q;+1;/p-1. The number of ketones is 2. The second kappa shape index (κ2) is 9.10. The van der Waals surface area contributed by atoms with E-state index in [2.05, 4.69) is 0 Å². The van der Waals surface area contributed by atoms with E-state index in [0.717, 1.165) is 0 Å². The Bertz CT molecular complexity index is 228. The third-order valence-corrected chi connectivity index (χ3v) is 0.824. The largest absolute Gasteiger partial charge is 1.00 e. The van der Waals surface area contributed by atoms with Gasteiger partial charge in [-0.05, 0) is 24.3 Å². The van der Waals surface area contributed by atoms with Gasteiger partial charge in [0.05, 0.1) is 11.4 Å². The Morgan fingerprint density at radius 2 is 1.23 bits per heavy atom. The molecule has 1 unspecified atom stereocenters. The Kier molecular flexibility index (Phi) is 11.2. The molecular formula is C6H5KO5S. The van der Waals surface area contributed by atoms with Gasteiger partial charge in [0.15, 0.2) is 11.6 Å². The summed E-state index contributed by atoms with van der Waals surface area (Å²) in [7, 11) is 0. The number of allylic oxidation sites excluding steroid dienone is 4. The number of hydrogen-bond donors (Lipinski definition) is 1. The molecule has 0 amide bonds. The van der Waals surface area contributed by atoms with Crippen molar-refractivity contribution in [2.24, 2.45) is 0 Å². The van der Waals surface area contributed by atoms with Crippen molar-refractivity contribution in [3.05, 3.63) is 24.3 Å².